The Bertz CT molecular complexity index is 903. The quantitative estimate of drug-likeness (QED) is 0.772. The van der Waals surface area contributed by atoms with Gasteiger partial charge in [-0.05, 0) is 42.5 Å². The zero-order valence-corrected chi connectivity index (χ0v) is 15.5. The molecule has 1 atom stereocenters. The molecule has 1 saturated carbocycles. The highest BCUT2D eigenvalue weighted by atomic mass is 35.5. The van der Waals surface area contributed by atoms with E-state index in [1.54, 1.807) is 0 Å². The summed E-state index contributed by atoms with van der Waals surface area (Å²) in [5.74, 6) is -1.03. The molecule has 1 aromatic rings. The Morgan fingerprint density at radius 3 is 2.50 bits per heavy atom. The number of halogens is 4. The molecular formula is C17H15ClF3NO3S. The van der Waals surface area contributed by atoms with Crippen molar-refractivity contribution < 1.29 is 26.9 Å². The van der Waals surface area contributed by atoms with Crippen LogP contribution in [0.2, 0.25) is 5.02 Å². The summed E-state index contributed by atoms with van der Waals surface area (Å²) in [6.45, 7) is 4.00. The van der Waals surface area contributed by atoms with Crippen molar-refractivity contribution in [1.29, 1.82) is 0 Å². The van der Waals surface area contributed by atoms with Gasteiger partial charge in [0.25, 0.3) is 5.91 Å². The van der Waals surface area contributed by atoms with Crippen molar-refractivity contribution in [3.05, 3.63) is 33.2 Å². The molecule has 3 aliphatic rings. The lowest BCUT2D eigenvalue weighted by molar-refractivity contribution is -0.274. The predicted molar refractivity (Wildman–Crippen MR) is 89.2 cm³/mol. The molecule has 2 heterocycles. The molecule has 0 radical (unpaired) electrons. The van der Waals surface area contributed by atoms with E-state index < -0.39 is 34.2 Å². The second-order valence-corrected chi connectivity index (χ2v) is 9.15. The third-order valence-electron chi connectivity index (χ3n) is 5.63. The van der Waals surface area contributed by atoms with E-state index in [0.29, 0.717) is 12.0 Å². The number of alkyl halides is 3. The zero-order chi connectivity index (χ0) is 19.1. The molecule has 0 saturated heterocycles. The Morgan fingerprint density at radius 1 is 1.27 bits per heavy atom. The molecule has 4 rings (SSSR count). The van der Waals surface area contributed by atoms with E-state index in [-0.39, 0.29) is 20.4 Å². The summed E-state index contributed by atoms with van der Waals surface area (Å²) in [4.78, 5) is 12.8. The second-order valence-electron chi connectivity index (χ2n) is 7.35. The molecule has 1 N–H and O–H groups in total. The largest absolute Gasteiger partial charge is 0.573 e. The van der Waals surface area contributed by atoms with Crippen molar-refractivity contribution in [3.8, 4) is 5.75 Å². The first-order chi connectivity index (χ1) is 12.0. The van der Waals surface area contributed by atoms with E-state index >= 15 is 0 Å². The number of hydrogen-bond donors (Lipinski definition) is 1. The van der Waals surface area contributed by atoms with Gasteiger partial charge in [0.2, 0.25) is 0 Å². The van der Waals surface area contributed by atoms with Crippen molar-refractivity contribution in [3.63, 3.8) is 0 Å². The van der Waals surface area contributed by atoms with E-state index in [1.165, 1.54) is 6.07 Å². The van der Waals surface area contributed by atoms with Crippen molar-refractivity contribution in [2.45, 2.75) is 49.9 Å². The van der Waals surface area contributed by atoms with Gasteiger partial charge in [-0.1, -0.05) is 25.4 Å². The summed E-state index contributed by atoms with van der Waals surface area (Å²) >= 11 is 5.94. The minimum atomic E-state index is -4.92. The van der Waals surface area contributed by atoms with E-state index in [2.05, 4.69) is 10.1 Å². The van der Waals surface area contributed by atoms with Gasteiger partial charge < -0.3 is 10.1 Å². The van der Waals surface area contributed by atoms with Crippen LogP contribution < -0.4 is 10.1 Å². The van der Waals surface area contributed by atoms with E-state index in [1.807, 2.05) is 13.8 Å². The van der Waals surface area contributed by atoms with Gasteiger partial charge in [-0.15, -0.1) is 13.2 Å². The SMILES string of the molecule is CC1(C)C2=C(C(=O)NC13CC3)S(=O)c1cc(OC(F)(F)F)c(Cl)cc1C2. The third kappa shape index (κ3) is 2.49. The molecule has 140 valence electrons. The van der Waals surface area contributed by atoms with Crippen LogP contribution in [0.15, 0.2) is 27.5 Å². The van der Waals surface area contributed by atoms with Crippen LogP contribution in [-0.2, 0) is 22.0 Å². The maximum absolute atomic E-state index is 13.0. The van der Waals surface area contributed by atoms with Gasteiger partial charge in [0, 0.05) is 11.0 Å². The topological polar surface area (TPSA) is 55.4 Å². The Labute approximate surface area is 155 Å². The number of benzene rings is 1. The molecule has 26 heavy (non-hydrogen) atoms. The molecule has 1 unspecified atom stereocenters. The lowest BCUT2D eigenvalue weighted by Crippen LogP contribution is -2.55. The minimum absolute atomic E-state index is 0.130. The van der Waals surface area contributed by atoms with Gasteiger partial charge in [-0.25, -0.2) is 4.21 Å². The molecule has 4 nitrogen and oxygen atoms in total. The summed E-state index contributed by atoms with van der Waals surface area (Å²) in [5.41, 5.74) is 0.607. The number of carbonyl (C=O) groups is 1. The monoisotopic (exact) mass is 405 g/mol. The summed E-state index contributed by atoms with van der Waals surface area (Å²) < 4.78 is 54.6. The summed E-state index contributed by atoms with van der Waals surface area (Å²) in [7, 11) is -1.90. The fraction of sp³-hybridized carbons (Fsp3) is 0.471. The van der Waals surface area contributed by atoms with Crippen LogP contribution in [-0.4, -0.2) is 22.0 Å². The molecule has 1 aliphatic carbocycles. The van der Waals surface area contributed by atoms with Gasteiger partial charge >= 0.3 is 6.36 Å². The normalized spacial score (nSPS) is 25.5. The average Bonchev–Trinajstić information content (AvgIpc) is 3.26. The lowest BCUT2D eigenvalue weighted by Gasteiger charge is -2.44. The number of carbonyl (C=O) groups excluding carboxylic acids is 1. The molecular weight excluding hydrogens is 391 g/mol. The number of hydrogen-bond acceptors (Lipinski definition) is 3. The predicted octanol–water partition coefficient (Wildman–Crippen LogP) is 3.85. The number of rotatable bonds is 1. The Kier molecular flexibility index (Phi) is 3.61. The number of fused-ring (bicyclic) bond motifs is 1. The van der Waals surface area contributed by atoms with Crippen molar-refractivity contribution in [2.24, 2.45) is 5.41 Å². The summed E-state index contributed by atoms with van der Waals surface area (Å²) in [6, 6.07) is 2.37. The molecule has 0 aromatic heterocycles. The molecule has 1 aromatic carbocycles. The maximum Gasteiger partial charge on any atom is 0.573 e. The average molecular weight is 406 g/mol. The molecule has 1 fully saturated rings. The number of amides is 1. The first-order valence-electron chi connectivity index (χ1n) is 8.01. The fourth-order valence-corrected chi connectivity index (χ4v) is 5.70. The fourth-order valence-electron chi connectivity index (χ4n) is 3.90. The van der Waals surface area contributed by atoms with Crippen LogP contribution in [0.4, 0.5) is 13.2 Å². The smallest absolute Gasteiger partial charge is 0.404 e. The van der Waals surface area contributed by atoms with Gasteiger partial charge in [-0.2, -0.15) is 0 Å². The van der Waals surface area contributed by atoms with Crippen LogP contribution in [0, 0.1) is 5.41 Å². The first kappa shape index (κ1) is 17.9. The zero-order valence-electron chi connectivity index (χ0n) is 13.9. The molecule has 1 amide bonds. The Morgan fingerprint density at radius 2 is 1.92 bits per heavy atom. The minimum Gasteiger partial charge on any atom is -0.404 e. The third-order valence-corrected chi connectivity index (χ3v) is 7.50. The highest BCUT2D eigenvalue weighted by Gasteiger charge is 2.61. The van der Waals surface area contributed by atoms with E-state index in [4.69, 9.17) is 11.6 Å². The molecule has 9 heteroatoms. The van der Waals surface area contributed by atoms with E-state index in [9.17, 15) is 22.2 Å². The molecule has 2 aliphatic heterocycles. The first-order valence-corrected chi connectivity index (χ1v) is 9.54. The maximum atomic E-state index is 13.0. The standard InChI is InChI=1S/C17H15ClF3NO3S/c1-15(2)9-5-8-6-10(18)11(25-17(19,20)21)7-12(8)26(24)13(9)14(23)22-16(15)3-4-16/h6-7H,3-5H2,1-2H3,(H,22,23). The summed E-state index contributed by atoms with van der Waals surface area (Å²) in [5, 5.41) is 2.75. The van der Waals surface area contributed by atoms with Crippen LogP contribution in [0.1, 0.15) is 32.3 Å². The Balaban J connectivity index is 1.82. The van der Waals surface area contributed by atoms with Crippen LogP contribution in [0.25, 0.3) is 0 Å². The van der Waals surface area contributed by atoms with Gasteiger partial charge in [0.05, 0.1) is 20.7 Å². The van der Waals surface area contributed by atoms with Crippen LogP contribution in [0.5, 0.6) is 5.75 Å². The van der Waals surface area contributed by atoms with E-state index in [0.717, 1.165) is 24.5 Å². The van der Waals surface area contributed by atoms with Crippen molar-refractivity contribution in [2.75, 3.05) is 0 Å². The van der Waals surface area contributed by atoms with Gasteiger partial charge in [-0.3, -0.25) is 4.79 Å². The van der Waals surface area contributed by atoms with Crippen molar-refractivity contribution >= 4 is 28.3 Å². The number of nitrogens with one attached hydrogen (secondary N) is 1. The van der Waals surface area contributed by atoms with Crippen LogP contribution >= 0.6 is 11.6 Å². The Hall–Kier alpha value is -1.54. The highest BCUT2D eigenvalue weighted by Crippen LogP contribution is 2.58. The second kappa shape index (κ2) is 5.25. The van der Waals surface area contributed by atoms with Crippen LogP contribution in [0.3, 0.4) is 0 Å². The molecule has 0 bridgehead atoms. The summed E-state index contributed by atoms with van der Waals surface area (Å²) in [6.07, 6.45) is -2.89. The van der Waals surface area contributed by atoms with Gasteiger partial charge in [0.15, 0.2) is 0 Å². The number of ether oxygens (including phenoxy) is 1. The molecule has 1 spiro atoms. The van der Waals surface area contributed by atoms with Gasteiger partial charge in [0.1, 0.15) is 10.7 Å². The highest BCUT2D eigenvalue weighted by molar-refractivity contribution is 7.90. The lowest BCUT2D eigenvalue weighted by atomic mass is 9.70. The van der Waals surface area contributed by atoms with Crippen molar-refractivity contribution in [1.82, 2.24) is 5.32 Å².